The number of likely N-dealkylation sites (tertiary alicyclic amines) is 1. The fourth-order valence-corrected chi connectivity index (χ4v) is 0.886. The molecule has 3 nitrogen and oxygen atoms in total. The molecule has 1 aliphatic heterocycles. The quantitative estimate of drug-likeness (QED) is 0.519. The number of hydrogen-bond acceptors (Lipinski definition) is 3. The normalized spacial score (nSPS) is 24.6. The van der Waals surface area contributed by atoms with Gasteiger partial charge < -0.3 is 5.11 Å². The third-order valence-electron chi connectivity index (χ3n) is 1.63. The summed E-state index contributed by atoms with van der Waals surface area (Å²) in [4.78, 5) is 1.94. The lowest BCUT2D eigenvalue weighted by Crippen LogP contribution is -2.54. The van der Waals surface area contributed by atoms with E-state index in [1.54, 1.807) is 0 Å². The summed E-state index contributed by atoms with van der Waals surface area (Å²) in [7, 11) is 0. The lowest BCUT2D eigenvalue weighted by molar-refractivity contribution is -0.00834. The van der Waals surface area contributed by atoms with Gasteiger partial charge in [0, 0.05) is 13.1 Å². The zero-order chi connectivity index (χ0) is 6.85. The van der Waals surface area contributed by atoms with Crippen molar-refractivity contribution in [2.75, 3.05) is 13.1 Å². The van der Waals surface area contributed by atoms with Crippen molar-refractivity contribution in [3.8, 4) is 6.07 Å². The van der Waals surface area contributed by atoms with E-state index in [0.717, 1.165) is 0 Å². The molecule has 1 fully saturated rings. The van der Waals surface area contributed by atoms with Crippen molar-refractivity contribution in [1.29, 1.82) is 5.26 Å². The van der Waals surface area contributed by atoms with E-state index < -0.39 is 0 Å². The van der Waals surface area contributed by atoms with E-state index in [9.17, 15) is 0 Å². The van der Waals surface area contributed by atoms with E-state index in [-0.39, 0.29) is 12.1 Å². The number of rotatable bonds is 1. The second-order valence-corrected chi connectivity index (χ2v) is 2.41. The monoisotopic (exact) mass is 126 g/mol. The van der Waals surface area contributed by atoms with Gasteiger partial charge in [0.05, 0.1) is 18.2 Å². The highest BCUT2D eigenvalue weighted by Gasteiger charge is 2.27. The van der Waals surface area contributed by atoms with E-state index in [4.69, 9.17) is 10.4 Å². The summed E-state index contributed by atoms with van der Waals surface area (Å²) in [5.74, 6) is 0. The molecule has 0 unspecified atom stereocenters. The maximum absolute atomic E-state index is 8.81. The predicted molar refractivity (Wildman–Crippen MR) is 32.7 cm³/mol. The molecule has 1 saturated heterocycles. The van der Waals surface area contributed by atoms with Crippen LogP contribution in [0.5, 0.6) is 0 Å². The SMILES string of the molecule is C[C@@H](C#N)N1CC(O)C1. The summed E-state index contributed by atoms with van der Waals surface area (Å²) in [6, 6.07) is 2.07. The number of β-amino-alcohol motifs (C(OH)–C–C–N with tert-alkyl or cyclic N) is 1. The Bertz CT molecular complexity index is 134. The third-order valence-corrected chi connectivity index (χ3v) is 1.63. The van der Waals surface area contributed by atoms with Crippen molar-refractivity contribution in [2.24, 2.45) is 0 Å². The summed E-state index contributed by atoms with van der Waals surface area (Å²) in [6.07, 6.45) is -0.194. The van der Waals surface area contributed by atoms with Gasteiger partial charge in [-0.15, -0.1) is 0 Å². The highest BCUT2D eigenvalue weighted by molar-refractivity contribution is 4.94. The first-order chi connectivity index (χ1) is 4.24. The summed E-state index contributed by atoms with van der Waals surface area (Å²) in [6.45, 7) is 3.16. The van der Waals surface area contributed by atoms with Crippen molar-refractivity contribution in [2.45, 2.75) is 19.1 Å². The van der Waals surface area contributed by atoms with Gasteiger partial charge in [0.2, 0.25) is 0 Å². The number of aliphatic hydroxyl groups excluding tert-OH is 1. The Morgan fingerprint density at radius 2 is 2.33 bits per heavy atom. The van der Waals surface area contributed by atoms with Crippen molar-refractivity contribution in [3.05, 3.63) is 0 Å². The van der Waals surface area contributed by atoms with Crippen LogP contribution in [0.25, 0.3) is 0 Å². The Kier molecular flexibility index (Phi) is 1.70. The molecule has 0 spiro atoms. The van der Waals surface area contributed by atoms with Crippen LogP contribution in [0.2, 0.25) is 0 Å². The first-order valence-corrected chi connectivity index (χ1v) is 3.05. The molecule has 3 heteroatoms. The van der Waals surface area contributed by atoms with Crippen molar-refractivity contribution < 1.29 is 5.11 Å². The van der Waals surface area contributed by atoms with Crippen molar-refractivity contribution in [3.63, 3.8) is 0 Å². The van der Waals surface area contributed by atoms with Crippen LogP contribution in [0, 0.1) is 11.3 Å². The Morgan fingerprint density at radius 3 is 2.67 bits per heavy atom. The van der Waals surface area contributed by atoms with Crippen LogP contribution >= 0.6 is 0 Å². The minimum Gasteiger partial charge on any atom is -0.390 e. The molecule has 1 N–H and O–H groups in total. The molecule has 1 atom stereocenters. The molecule has 0 aromatic heterocycles. The molecular weight excluding hydrogens is 116 g/mol. The van der Waals surface area contributed by atoms with Gasteiger partial charge >= 0.3 is 0 Å². The molecule has 0 aliphatic carbocycles. The average molecular weight is 126 g/mol. The predicted octanol–water partition coefficient (Wildman–Crippen LogP) is -0.425. The highest BCUT2D eigenvalue weighted by Crippen LogP contribution is 2.10. The fourth-order valence-electron chi connectivity index (χ4n) is 0.886. The van der Waals surface area contributed by atoms with Gasteiger partial charge in [-0.2, -0.15) is 5.26 Å². The maximum Gasteiger partial charge on any atom is 0.0951 e. The van der Waals surface area contributed by atoms with Crippen LogP contribution in [-0.2, 0) is 0 Å². The minimum absolute atomic E-state index is 0.0339. The lowest BCUT2D eigenvalue weighted by Gasteiger charge is -2.37. The van der Waals surface area contributed by atoms with Gasteiger partial charge in [-0.3, -0.25) is 4.90 Å². The smallest absolute Gasteiger partial charge is 0.0951 e. The molecular formula is C6H10N2O. The van der Waals surface area contributed by atoms with Crippen LogP contribution < -0.4 is 0 Å². The number of aliphatic hydroxyl groups is 1. The van der Waals surface area contributed by atoms with Gasteiger partial charge in [-0.25, -0.2) is 0 Å². The molecule has 0 radical (unpaired) electrons. The fraction of sp³-hybridized carbons (Fsp3) is 0.833. The average Bonchev–Trinajstić information content (AvgIpc) is 1.79. The van der Waals surface area contributed by atoms with Crippen LogP contribution in [0.1, 0.15) is 6.92 Å². The standard InChI is InChI=1S/C6H10N2O/c1-5(2-7)8-3-6(9)4-8/h5-6,9H,3-4H2,1H3/t5-/m0/s1. The molecule has 50 valence electrons. The second-order valence-electron chi connectivity index (χ2n) is 2.41. The Hall–Kier alpha value is -0.590. The van der Waals surface area contributed by atoms with Gasteiger partial charge in [-0.05, 0) is 6.92 Å². The van der Waals surface area contributed by atoms with E-state index in [2.05, 4.69) is 6.07 Å². The summed E-state index contributed by atoms with van der Waals surface area (Å²) >= 11 is 0. The Balaban J connectivity index is 2.25. The van der Waals surface area contributed by atoms with Crippen molar-refractivity contribution in [1.82, 2.24) is 4.90 Å². The van der Waals surface area contributed by atoms with Gasteiger partial charge in [0.25, 0.3) is 0 Å². The first-order valence-electron chi connectivity index (χ1n) is 3.05. The molecule has 0 aromatic rings. The Labute approximate surface area is 54.5 Å². The van der Waals surface area contributed by atoms with Crippen LogP contribution in [0.3, 0.4) is 0 Å². The largest absolute Gasteiger partial charge is 0.390 e. The Morgan fingerprint density at radius 1 is 1.78 bits per heavy atom. The van der Waals surface area contributed by atoms with E-state index >= 15 is 0 Å². The topological polar surface area (TPSA) is 47.3 Å². The summed E-state index contributed by atoms with van der Waals surface area (Å²) in [5, 5.41) is 17.2. The number of nitrogens with zero attached hydrogens (tertiary/aromatic N) is 2. The third kappa shape index (κ3) is 1.21. The second kappa shape index (κ2) is 2.34. The van der Waals surface area contributed by atoms with E-state index in [1.165, 1.54) is 0 Å². The maximum atomic E-state index is 8.81. The molecule has 9 heavy (non-hydrogen) atoms. The van der Waals surface area contributed by atoms with Gasteiger partial charge in [-0.1, -0.05) is 0 Å². The summed E-state index contributed by atoms with van der Waals surface area (Å²) < 4.78 is 0. The van der Waals surface area contributed by atoms with Gasteiger partial charge in [0.15, 0.2) is 0 Å². The summed E-state index contributed by atoms with van der Waals surface area (Å²) in [5.41, 5.74) is 0. The van der Waals surface area contributed by atoms with E-state index in [0.29, 0.717) is 13.1 Å². The van der Waals surface area contributed by atoms with Crippen LogP contribution in [0.15, 0.2) is 0 Å². The molecule has 0 aromatic carbocycles. The molecule has 0 bridgehead atoms. The van der Waals surface area contributed by atoms with Crippen LogP contribution in [0.4, 0.5) is 0 Å². The molecule has 0 saturated carbocycles. The van der Waals surface area contributed by atoms with Gasteiger partial charge in [0.1, 0.15) is 0 Å². The minimum atomic E-state index is -0.194. The van der Waals surface area contributed by atoms with Crippen molar-refractivity contribution >= 4 is 0 Å². The zero-order valence-corrected chi connectivity index (χ0v) is 5.41. The number of nitriles is 1. The zero-order valence-electron chi connectivity index (χ0n) is 5.41. The molecule has 1 heterocycles. The molecule has 1 aliphatic rings. The number of hydrogen-bond donors (Lipinski definition) is 1. The highest BCUT2D eigenvalue weighted by atomic mass is 16.3. The van der Waals surface area contributed by atoms with E-state index in [1.807, 2.05) is 11.8 Å². The lowest BCUT2D eigenvalue weighted by atomic mass is 10.1. The molecule has 0 amide bonds. The van der Waals surface area contributed by atoms with Crippen LogP contribution in [-0.4, -0.2) is 35.2 Å². The first kappa shape index (κ1) is 6.53. The molecule has 1 rings (SSSR count).